The number of aryl methyl sites for hydroxylation is 1. The molecule has 1 aliphatic rings. The fourth-order valence-corrected chi connectivity index (χ4v) is 4.16. The van der Waals surface area contributed by atoms with E-state index in [1.54, 1.807) is 0 Å². The maximum absolute atomic E-state index is 13.3. The van der Waals surface area contributed by atoms with E-state index in [1.165, 1.54) is 0 Å². The highest BCUT2D eigenvalue weighted by molar-refractivity contribution is 5.95. The highest BCUT2D eigenvalue weighted by Crippen LogP contribution is 2.32. The Labute approximate surface area is 181 Å². The minimum Gasteiger partial charge on any atom is -0.378 e. The molecular weight excluding hydrogens is 386 g/mol. The third kappa shape index (κ3) is 3.30. The van der Waals surface area contributed by atoms with Gasteiger partial charge < -0.3 is 14.4 Å². The van der Waals surface area contributed by atoms with Crippen molar-refractivity contribution in [3.05, 3.63) is 95.4 Å². The number of carbonyl (C=O) groups is 1. The summed E-state index contributed by atoms with van der Waals surface area (Å²) < 4.78 is 4.09. The third-order valence-corrected chi connectivity index (χ3v) is 5.82. The lowest BCUT2D eigenvalue weighted by atomic mass is 10.1. The number of amides is 1. The summed E-state index contributed by atoms with van der Waals surface area (Å²) in [6.45, 7) is 3.14. The number of hydrogen-bond acceptors (Lipinski definition) is 3. The topological polar surface area (TPSA) is 46.3 Å². The molecule has 0 fully saturated rings. The molecule has 2 aromatic carbocycles. The summed E-state index contributed by atoms with van der Waals surface area (Å²) in [5, 5.41) is 4.94. The number of hydrogen-bond donors (Lipinski definition) is 0. The van der Waals surface area contributed by atoms with E-state index in [-0.39, 0.29) is 5.91 Å². The summed E-state index contributed by atoms with van der Waals surface area (Å²) in [6.07, 6.45) is 4.05. The summed E-state index contributed by atoms with van der Waals surface area (Å²) >= 11 is 0. The van der Waals surface area contributed by atoms with E-state index in [0.29, 0.717) is 18.7 Å². The van der Waals surface area contributed by atoms with Crippen molar-refractivity contribution < 1.29 is 4.79 Å². The molecule has 6 nitrogen and oxygen atoms in total. The molecule has 0 bridgehead atoms. The van der Waals surface area contributed by atoms with Crippen molar-refractivity contribution in [1.29, 1.82) is 0 Å². The van der Waals surface area contributed by atoms with E-state index in [4.69, 9.17) is 5.10 Å². The largest absolute Gasteiger partial charge is 0.378 e. The summed E-state index contributed by atoms with van der Waals surface area (Å²) in [6, 6.07) is 20.0. The molecule has 1 amide bonds. The van der Waals surface area contributed by atoms with Crippen LogP contribution in [0.25, 0.3) is 11.5 Å². The lowest BCUT2D eigenvalue weighted by Crippen LogP contribution is -2.26. The maximum atomic E-state index is 13.3. The first-order chi connectivity index (χ1) is 15.0. The number of para-hydroxylation sites is 1. The zero-order chi connectivity index (χ0) is 21.5. The van der Waals surface area contributed by atoms with E-state index >= 15 is 0 Å². The van der Waals surface area contributed by atoms with Gasteiger partial charge in [-0.1, -0.05) is 24.3 Å². The smallest absolute Gasteiger partial charge is 0.254 e. The van der Waals surface area contributed by atoms with Gasteiger partial charge in [0.1, 0.15) is 5.82 Å². The molecule has 0 spiro atoms. The van der Waals surface area contributed by atoms with Gasteiger partial charge in [0.2, 0.25) is 0 Å². The summed E-state index contributed by atoms with van der Waals surface area (Å²) in [4.78, 5) is 17.1. The Morgan fingerprint density at radius 1 is 0.968 bits per heavy atom. The predicted octanol–water partition coefficient (Wildman–Crippen LogP) is 4.19. The minimum absolute atomic E-state index is 0.0302. The molecule has 6 heteroatoms. The average molecular weight is 412 g/mol. The Hall–Kier alpha value is -3.80. The second kappa shape index (κ2) is 7.47. The minimum atomic E-state index is 0.0302. The summed E-state index contributed by atoms with van der Waals surface area (Å²) in [7, 11) is 3.96. The second-order valence-electron chi connectivity index (χ2n) is 8.14. The Morgan fingerprint density at radius 2 is 1.74 bits per heavy atom. The number of rotatable bonds is 4. The van der Waals surface area contributed by atoms with Crippen molar-refractivity contribution in [2.24, 2.45) is 0 Å². The molecule has 4 aromatic rings. The number of benzene rings is 2. The van der Waals surface area contributed by atoms with Crippen molar-refractivity contribution in [3.8, 4) is 11.5 Å². The molecule has 156 valence electrons. The van der Waals surface area contributed by atoms with Crippen LogP contribution in [0.5, 0.6) is 0 Å². The molecular formula is C25H25N5O. The molecule has 0 saturated carbocycles. The van der Waals surface area contributed by atoms with Crippen LogP contribution in [-0.4, -0.2) is 39.3 Å². The van der Waals surface area contributed by atoms with Gasteiger partial charge in [0.05, 0.1) is 24.5 Å². The van der Waals surface area contributed by atoms with E-state index in [0.717, 1.165) is 34.0 Å². The standard InChI is InChI=1S/C25H25N5O/c1-18-9-4-5-12-23(18)30-24(28-13-6-7-14-28)21-16-29(17-22(21)26-30)25(31)19-10-8-11-20(15-19)27(2)3/h4-15H,16-17H2,1-3H3. The van der Waals surface area contributed by atoms with Crippen LogP contribution in [0.3, 0.4) is 0 Å². The molecule has 5 rings (SSSR count). The van der Waals surface area contributed by atoms with E-state index in [2.05, 4.69) is 23.6 Å². The van der Waals surface area contributed by atoms with Crippen LogP contribution in [0.4, 0.5) is 5.69 Å². The van der Waals surface area contributed by atoms with Crippen molar-refractivity contribution in [2.75, 3.05) is 19.0 Å². The lowest BCUT2D eigenvalue weighted by molar-refractivity contribution is 0.0749. The van der Waals surface area contributed by atoms with Gasteiger partial charge in [-0.2, -0.15) is 5.10 Å². The van der Waals surface area contributed by atoms with Crippen LogP contribution >= 0.6 is 0 Å². The predicted molar refractivity (Wildman–Crippen MR) is 122 cm³/mol. The second-order valence-corrected chi connectivity index (χ2v) is 8.14. The Kier molecular flexibility index (Phi) is 4.62. The molecule has 0 saturated heterocycles. The molecule has 0 atom stereocenters. The quantitative estimate of drug-likeness (QED) is 0.506. The van der Waals surface area contributed by atoms with E-state index in [1.807, 2.05) is 89.5 Å². The number of aromatic nitrogens is 3. The third-order valence-electron chi connectivity index (χ3n) is 5.82. The van der Waals surface area contributed by atoms with Gasteiger partial charge in [-0.25, -0.2) is 4.68 Å². The molecule has 31 heavy (non-hydrogen) atoms. The highest BCUT2D eigenvalue weighted by atomic mass is 16.2. The number of anilines is 1. The van der Waals surface area contributed by atoms with Crippen LogP contribution in [0.1, 0.15) is 27.2 Å². The molecule has 0 unspecified atom stereocenters. The van der Waals surface area contributed by atoms with Gasteiger partial charge in [0, 0.05) is 43.3 Å². The molecule has 1 aliphatic heterocycles. The SMILES string of the molecule is Cc1ccccc1-n1nc2c(c1-n1cccc1)CN(C(=O)c1cccc(N(C)C)c1)C2. The van der Waals surface area contributed by atoms with Gasteiger partial charge in [-0.15, -0.1) is 0 Å². The van der Waals surface area contributed by atoms with Gasteiger partial charge in [0.25, 0.3) is 5.91 Å². The fourth-order valence-electron chi connectivity index (χ4n) is 4.16. The first-order valence-electron chi connectivity index (χ1n) is 10.4. The summed E-state index contributed by atoms with van der Waals surface area (Å²) in [5.41, 5.74) is 5.97. The maximum Gasteiger partial charge on any atom is 0.254 e. The molecule has 3 heterocycles. The zero-order valence-electron chi connectivity index (χ0n) is 18.0. The van der Waals surface area contributed by atoms with Crippen LogP contribution in [0.15, 0.2) is 73.1 Å². The van der Waals surface area contributed by atoms with Gasteiger partial charge in [-0.3, -0.25) is 4.79 Å². The number of carbonyl (C=O) groups excluding carboxylic acids is 1. The van der Waals surface area contributed by atoms with E-state index in [9.17, 15) is 4.79 Å². The zero-order valence-corrected chi connectivity index (χ0v) is 18.0. The number of fused-ring (bicyclic) bond motifs is 1. The average Bonchev–Trinajstić information content (AvgIpc) is 3.49. The fraction of sp³-hybridized carbons (Fsp3) is 0.200. The molecule has 0 radical (unpaired) electrons. The monoisotopic (exact) mass is 411 g/mol. The van der Waals surface area contributed by atoms with Gasteiger partial charge in [0.15, 0.2) is 0 Å². The van der Waals surface area contributed by atoms with Crippen molar-refractivity contribution in [3.63, 3.8) is 0 Å². The van der Waals surface area contributed by atoms with Crippen LogP contribution in [0.2, 0.25) is 0 Å². The Bertz CT molecular complexity index is 1250. The number of nitrogens with zero attached hydrogens (tertiary/aromatic N) is 5. The summed E-state index contributed by atoms with van der Waals surface area (Å²) in [5.74, 6) is 1.02. The Balaban J connectivity index is 1.53. The Morgan fingerprint density at radius 3 is 2.48 bits per heavy atom. The van der Waals surface area contributed by atoms with Crippen LogP contribution in [-0.2, 0) is 13.1 Å². The van der Waals surface area contributed by atoms with Gasteiger partial charge in [-0.05, 0) is 48.9 Å². The van der Waals surface area contributed by atoms with Gasteiger partial charge >= 0.3 is 0 Å². The molecule has 0 N–H and O–H groups in total. The molecule has 0 aliphatic carbocycles. The van der Waals surface area contributed by atoms with Crippen molar-refractivity contribution >= 4 is 11.6 Å². The van der Waals surface area contributed by atoms with Crippen molar-refractivity contribution in [2.45, 2.75) is 20.0 Å². The van der Waals surface area contributed by atoms with Crippen LogP contribution in [0, 0.1) is 6.92 Å². The van der Waals surface area contributed by atoms with Crippen molar-refractivity contribution in [1.82, 2.24) is 19.2 Å². The normalized spacial score (nSPS) is 12.8. The van der Waals surface area contributed by atoms with Crippen LogP contribution < -0.4 is 4.90 Å². The molecule has 2 aromatic heterocycles. The highest BCUT2D eigenvalue weighted by Gasteiger charge is 2.32. The first-order valence-corrected chi connectivity index (χ1v) is 10.4. The van der Waals surface area contributed by atoms with E-state index < -0.39 is 0 Å². The lowest BCUT2D eigenvalue weighted by Gasteiger charge is -2.19. The first kappa shape index (κ1) is 19.2.